The molecule has 1 aromatic rings. The number of ether oxygens (including phenoxy) is 6. The number of allylic oxidation sites excluding steroid dienone is 1. The van der Waals surface area contributed by atoms with Gasteiger partial charge in [0.25, 0.3) is 0 Å². The molecule has 0 radical (unpaired) electrons. The minimum Gasteiger partial charge on any atom is -0.394 e. The summed E-state index contributed by atoms with van der Waals surface area (Å²) in [5, 5.41) is 53.4. The zero-order valence-electron chi connectivity index (χ0n) is 34.0. The number of thioether (sulfide) groups is 1. The minimum atomic E-state index is -1.31. The van der Waals surface area contributed by atoms with E-state index in [9.17, 15) is 24.9 Å². The molecule has 18 heteroatoms. The Balaban J connectivity index is 0.829. The van der Waals surface area contributed by atoms with Gasteiger partial charge in [-0.3, -0.25) is 9.48 Å². The van der Waals surface area contributed by atoms with Crippen LogP contribution in [0.1, 0.15) is 95.6 Å². The highest BCUT2D eigenvalue weighted by Crippen LogP contribution is 2.33. The highest BCUT2D eigenvalue weighted by Gasteiger charge is 2.46. The fourth-order valence-corrected chi connectivity index (χ4v) is 8.69. The molecule has 3 aliphatic rings. The van der Waals surface area contributed by atoms with Crippen molar-refractivity contribution in [1.82, 2.24) is 25.6 Å². The van der Waals surface area contributed by atoms with Gasteiger partial charge < -0.3 is 59.5 Å². The first-order valence-electron chi connectivity index (χ1n) is 21.3. The predicted molar refractivity (Wildman–Crippen MR) is 216 cm³/mol. The maximum absolute atomic E-state index is 12.2. The second-order valence-corrected chi connectivity index (χ2v) is 16.4. The summed E-state index contributed by atoms with van der Waals surface area (Å²) in [7, 11) is 0. The molecule has 4 heterocycles. The van der Waals surface area contributed by atoms with Gasteiger partial charge in [-0.2, -0.15) is 11.8 Å². The van der Waals surface area contributed by atoms with E-state index in [-0.39, 0.29) is 30.5 Å². The summed E-state index contributed by atoms with van der Waals surface area (Å²) >= 11 is 1.91. The number of fused-ring (bicyclic) bond motifs is 1. The van der Waals surface area contributed by atoms with Crippen LogP contribution < -0.4 is 10.6 Å². The fraction of sp³-hybridized carbons (Fsp3) is 0.850. The second-order valence-electron chi connectivity index (χ2n) is 15.1. The molecule has 58 heavy (non-hydrogen) atoms. The summed E-state index contributed by atoms with van der Waals surface area (Å²) in [5.74, 6) is 1.26. The monoisotopic (exact) mass is 843 g/mol. The van der Waals surface area contributed by atoms with Crippen LogP contribution in [0.5, 0.6) is 0 Å². The van der Waals surface area contributed by atoms with Gasteiger partial charge in [-0.15, -0.1) is 5.10 Å². The van der Waals surface area contributed by atoms with Gasteiger partial charge >= 0.3 is 6.03 Å². The normalized spacial score (nSPS) is 24.8. The number of nitrogens with zero attached hydrogens (tertiary/aromatic N) is 3. The Bertz CT molecular complexity index is 1300. The smallest absolute Gasteiger partial charge is 0.315 e. The fourth-order valence-electron chi connectivity index (χ4n) is 7.14. The van der Waals surface area contributed by atoms with Gasteiger partial charge in [-0.05, 0) is 38.5 Å². The molecule has 1 aromatic heterocycles. The van der Waals surface area contributed by atoms with E-state index in [1.165, 1.54) is 19.3 Å². The standard InChI is InChI=1S/C40H69N5O12S/c46-27-33(48)38-36(49)37(50)39(57-38)56-19-12-8-6-4-2-1-3-5-7-11-17-45-26-30(43-44-45)28-55-25-24-54-23-22-53-21-20-52-18-13-15-31(47)14-9-10-16-34-35-32(29-58-34)41-40(51)42-35/h8,12,26,32-39,46,48-50H,1-7,9-11,13-25,27-29H2,(H2,41,42,51)/b12-8+/t32-,33+,34-,35-,36?,37-,38-,39+/m0/s1. The van der Waals surface area contributed by atoms with Crippen LogP contribution in [-0.4, -0.2) is 160 Å². The lowest BCUT2D eigenvalue weighted by molar-refractivity contribution is -0.175. The van der Waals surface area contributed by atoms with E-state index in [0.717, 1.165) is 75.8 Å². The Morgan fingerprint density at radius 2 is 1.57 bits per heavy atom. The Morgan fingerprint density at radius 1 is 0.879 bits per heavy atom. The molecule has 1 unspecified atom stereocenters. The number of carbonyl (C=O) groups is 2. The number of amides is 2. The van der Waals surface area contributed by atoms with Crippen molar-refractivity contribution in [3.05, 3.63) is 24.0 Å². The predicted octanol–water partition coefficient (Wildman–Crippen LogP) is 2.41. The number of urea groups is 1. The van der Waals surface area contributed by atoms with Crippen molar-refractivity contribution in [1.29, 1.82) is 0 Å². The number of aryl methyl sites for hydroxylation is 1. The van der Waals surface area contributed by atoms with E-state index < -0.39 is 37.3 Å². The average Bonchev–Trinajstić information content (AvgIpc) is 3.99. The third-order valence-corrected chi connectivity index (χ3v) is 11.9. The lowest BCUT2D eigenvalue weighted by Crippen LogP contribution is -2.40. The lowest BCUT2D eigenvalue weighted by atomic mass is 10.0. The molecule has 3 saturated heterocycles. The van der Waals surface area contributed by atoms with Gasteiger partial charge in [-0.1, -0.05) is 55.9 Å². The number of ketones is 1. The first-order valence-corrected chi connectivity index (χ1v) is 22.4. The van der Waals surface area contributed by atoms with Crippen LogP contribution in [0.15, 0.2) is 18.3 Å². The van der Waals surface area contributed by atoms with E-state index in [1.807, 2.05) is 34.8 Å². The SMILES string of the molecule is O=C(CCCC[C@@H]1SC[C@@H]2NC(=O)N[C@@H]21)CCCOCCOCCOCCOCc1cn(CCCCCCCCC/C=C/CO[C@@H]2O[C@@H]([C@H](O)CO)C(O)[C@@H]2O)nn1. The molecule has 3 fully saturated rings. The number of unbranched alkanes of at least 4 members (excludes halogenated alkanes) is 8. The molecule has 332 valence electrons. The van der Waals surface area contributed by atoms with Crippen molar-refractivity contribution in [3.63, 3.8) is 0 Å². The molecule has 0 aromatic carbocycles. The van der Waals surface area contributed by atoms with Crippen LogP contribution >= 0.6 is 11.8 Å². The Hall–Kier alpha value is -2.23. The number of hydrogen-bond donors (Lipinski definition) is 6. The Kier molecular flexibility index (Phi) is 24.3. The molecule has 4 rings (SSSR count). The summed E-state index contributed by atoms with van der Waals surface area (Å²) < 4.78 is 35.0. The van der Waals surface area contributed by atoms with Crippen LogP contribution in [0.2, 0.25) is 0 Å². The molecule has 0 saturated carbocycles. The largest absolute Gasteiger partial charge is 0.394 e. The maximum Gasteiger partial charge on any atom is 0.315 e. The van der Waals surface area contributed by atoms with Crippen molar-refractivity contribution in [2.45, 2.75) is 151 Å². The second kappa shape index (κ2) is 29.1. The summed E-state index contributed by atoms with van der Waals surface area (Å²) in [6, 6.07) is 0.431. The van der Waals surface area contributed by atoms with Crippen LogP contribution in [0.4, 0.5) is 4.79 Å². The third-order valence-electron chi connectivity index (χ3n) is 10.4. The lowest BCUT2D eigenvalue weighted by Gasteiger charge is -2.18. The number of aromatic nitrogens is 3. The maximum atomic E-state index is 12.2. The number of aliphatic hydroxyl groups is 4. The zero-order chi connectivity index (χ0) is 41.2. The minimum absolute atomic E-state index is 0.0539. The quantitative estimate of drug-likeness (QED) is 0.0328. The first-order chi connectivity index (χ1) is 28.4. The highest BCUT2D eigenvalue weighted by atomic mass is 32.2. The van der Waals surface area contributed by atoms with Crippen LogP contribution in [-0.2, 0) is 46.4 Å². The molecule has 2 amide bonds. The van der Waals surface area contributed by atoms with E-state index in [1.54, 1.807) is 0 Å². The van der Waals surface area contributed by atoms with Gasteiger partial charge in [-0.25, -0.2) is 4.79 Å². The van der Waals surface area contributed by atoms with E-state index >= 15 is 0 Å². The topological polar surface area (TPSA) is 225 Å². The molecule has 17 nitrogen and oxygen atoms in total. The van der Waals surface area contributed by atoms with Gasteiger partial charge in [0.15, 0.2) is 6.29 Å². The zero-order valence-corrected chi connectivity index (χ0v) is 34.9. The van der Waals surface area contributed by atoms with Gasteiger partial charge in [0.2, 0.25) is 0 Å². The summed E-state index contributed by atoms with van der Waals surface area (Å²) in [4.78, 5) is 23.7. The summed E-state index contributed by atoms with van der Waals surface area (Å²) in [6.07, 6.45) is 13.6. The van der Waals surface area contributed by atoms with Crippen molar-refractivity contribution in [3.8, 4) is 0 Å². The van der Waals surface area contributed by atoms with Crippen LogP contribution in [0.25, 0.3) is 0 Å². The molecule has 8 atom stereocenters. The number of rotatable bonds is 35. The summed E-state index contributed by atoms with van der Waals surface area (Å²) in [5.41, 5.74) is 0.801. The summed E-state index contributed by atoms with van der Waals surface area (Å²) in [6.45, 7) is 4.31. The number of carbonyl (C=O) groups excluding carboxylic acids is 2. The number of nitrogens with one attached hydrogen (secondary N) is 2. The van der Waals surface area contributed by atoms with Gasteiger partial charge in [0, 0.05) is 37.0 Å². The van der Waals surface area contributed by atoms with Crippen molar-refractivity contribution >= 4 is 23.6 Å². The molecule has 3 aliphatic heterocycles. The Labute approximate surface area is 347 Å². The van der Waals surface area contributed by atoms with E-state index in [0.29, 0.717) is 70.9 Å². The van der Waals surface area contributed by atoms with Gasteiger partial charge in [0.05, 0.1) is 77.7 Å². The first kappa shape index (κ1) is 48.4. The van der Waals surface area contributed by atoms with Crippen LogP contribution in [0.3, 0.4) is 0 Å². The highest BCUT2D eigenvalue weighted by molar-refractivity contribution is 8.00. The molecule has 0 bridgehead atoms. The van der Waals surface area contributed by atoms with Crippen molar-refractivity contribution in [2.75, 3.05) is 65.2 Å². The van der Waals surface area contributed by atoms with Crippen LogP contribution in [0, 0.1) is 0 Å². The number of hydrogen-bond acceptors (Lipinski definition) is 15. The molecule has 0 aliphatic carbocycles. The van der Waals surface area contributed by atoms with E-state index in [2.05, 4.69) is 20.9 Å². The Morgan fingerprint density at radius 3 is 2.33 bits per heavy atom. The third kappa shape index (κ3) is 18.6. The van der Waals surface area contributed by atoms with E-state index in [4.69, 9.17) is 33.5 Å². The molecular formula is C40H69N5O12S. The molecule has 6 N–H and O–H groups in total. The number of Topliss-reactive ketones (excluding diaryl/α,β-unsaturated/α-hetero) is 1. The van der Waals surface area contributed by atoms with Crippen molar-refractivity contribution in [2.24, 2.45) is 0 Å². The number of aliphatic hydroxyl groups excluding tert-OH is 4. The molecular weight excluding hydrogens is 775 g/mol. The molecule has 0 spiro atoms. The van der Waals surface area contributed by atoms with Crippen molar-refractivity contribution < 1.29 is 58.4 Å². The van der Waals surface area contributed by atoms with Gasteiger partial charge in [0.1, 0.15) is 35.9 Å². The average molecular weight is 844 g/mol.